The summed E-state index contributed by atoms with van der Waals surface area (Å²) >= 11 is 0. The van der Waals surface area contributed by atoms with Gasteiger partial charge in [-0.1, -0.05) is 0 Å². The Labute approximate surface area is 132 Å². The summed E-state index contributed by atoms with van der Waals surface area (Å²) in [5.41, 5.74) is 12.2. The van der Waals surface area contributed by atoms with Crippen molar-refractivity contribution < 1.29 is 9.59 Å². The molecule has 8 heteroatoms. The van der Waals surface area contributed by atoms with Gasteiger partial charge in [-0.3, -0.25) is 9.59 Å². The van der Waals surface area contributed by atoms with Crippen molar-refractivity contribution in [2.24, 2.45) is 5.73 Å². The molecule has 8 nitrogen and oxygen atoms in total. The number of aromatic nitrogens is 2. The number of rotatable bonds is 6. The summed E-state index contributed by atoms with van der Waals surface area (Å²) in [6.07, 6.45) is 2.12. The number of hydrogen-bond acceptors (Lipinski definition) is 5. The van der Waals surface area contributed by atoms with Crippen LogP contribution in [0.5, 0.6) is 0 Å². The molecule has 5 N–H and O–H groups in total. The molecule has 1 aromatic heterocycles. The number of hydrogen-bond donors (Lipinski definition) is 3. The van der Waals surface area contributed by atoms with Crippen LogP contribution in [0.2, 0.25) is 0 Å². The van der Waals surface area contributed by atoms with Gasteiger partial charge in [0.1, 0.15) is 17.5 Å². The zero-order valence-electron chi connectivity index (χ0n) is 12.3. The predicted molar refractivity (Wildman–Crippen MR) is 83.5 cm³/mol. The summed E-state index contributed by atoms with van der Waals surface area (Å²) in [6, 6.07) is 8.57. The SMILES string of the molecule is N#Cc1cnn(-c2ccc(C(=O)NCCCC(N)=O)cc2)c1N. The number of amides is 2. The first kappa shape index (κ1) is 16.0. The number of carbonyl (C=O) groups excluding carboxylic acids is 2. The molecule has 0 spiro atoms. The number of anilines is 1. The van der Waals surface area contributed by atoms with Crippen molar-refractivity contribution in [3.63, 3.8) is 0 Å². The molecule has 2 amide bonds. The Morgan fingerprint density at radius 1 is 1.30 bits per heavy atom. The van der Waals surface area contributed by atoms with Crippen LogP contribution in [0.15, 0.2) is 30.5 Å². The first-order chi connectivity index (χ1) is 11.0. The Hall–Kier alpha value is -3.34. The monoisotopic (exact) mass is 312 g/mol. The highest BCUT2D eigenvalue weighted by atomic mass is 16.2. The Bertz CT molecular complexity index is 757. The first-order valence-electron chi connectivity index (χ1n) is 6.93. The molecule has 0 saturated heterocycles. The molecule has 0 fully saturated rings. The molecule has 1 heterocycles. The van der Waals surface area contributed by atoms with Crippen molar-refractivity contribution >= 4 is 17.6 Å². The van der Waals surface area contributed by atoms with Gasteiger partial charge in [-0.05, 0) is 30.7 Å². The molecule has 2 rings (SSSR count). The Morgan fingerprint density at radius 3 is 2.57 bits per heavy atom. The Kier molecular flexibility index (Phi) is 4.94. The molecule has 0 saturated carbocycles. The Morgan fingerprint density at radius 2 is 2.00 bits per heavy atom. The minimum absolute atomic E-state index is 0.235. The van der Waals surface area contributed by atoms with Gasteiger partial charge in [0.2, 0.25) is 5.91 Å². The van der Waals surface area contributed by atoms with Gasteiger partial charge in [0.05, 0.1) is 11.9 Å². The minimum Gasteiger partial charge on any atom is -0.382 e. The second-order valence-electron chi connectivity index (χ2n) is 4.84. The maximum absolute atomic E-state index is 11.9. The van der Waals surface area contributed by atoms with Crippen molar-refractivity contribution in [1.29, 1.82) is 5.26 Å². The molecule has 23 heavy (non-hydrogen) atoms. The minimum atomic E-state index is -0.392. The van der Waals surface area contributed by atoms with E-state index >= 15 is 0 Å². The predicted octanol–water partition coefficient (Wildman–Crippen LogP) is 0.321. The van der Waals surface area contributed by atoms with Gasteiger partial charge in [-0.15, -0.1) is 0 Å². The van der Waals surface area contributed by atoms with Gasteiger partial charge in [0.25, 0.3) is 5.91 Å². The fourth-order valence-electron chi connectivity index (χ4n) is 1.97. The van der Waals surface area contributed by atoms with Crippen LogP contribution in [-0.2, 0) is 4.79 Å². The maximum Gasteiger partial charge on any atom is 0.251 e. The van der Waals surface area contributed by atoms with E-state index in [0.717, 1.165) is 0 Å². The molecule has 0 aliphatic carbocycles. The number of benzene rings is 1. The van der Waals surface area contributed by atoms with Gasteiger partial charge in [0, 0.05) is 18.5 Å². The fourth-order valence-corrected chi connectivity index (χ4v) is 1.97. The summed E-state index contributed by atoms with van der Waals surface area (Å²) < 4.78 is 1.42. The lowest BCUT2D eigenvalue weighted by Crippen LogP contribution is -2.25. The lowest BCUT2D eigenvalue weighted by Gasteiger charge is -2.07. The van der Waals surface area contributed by atoms with Crippen molar-refractivity contribution in [2.75, 3.05) is 12.3 Å². The Balaban J connectivity index is 2.01. The lowest BCUT2D eigenvalue weighted by molar-refractivity contribution is -0.118. The first-order valence-corrected chi connectivity index (χ1v) is 6.93. The zero-order chi connectivity index (χ0) is 16.8. The van der Waals surface area contributed by atoms with Crippen molar-refractivity contribution in [2.45, 2.75) is 12.8 Å². The van der Waals surface area contributed by atoms with E-state index in [1.165, 1.54) is 10.9 Å². The van der Waals surface area contributed by atoms with E-state index in [2.05, 4.69) is 10.4 Å². The van der Waals surface area contributed by atoms with Gasteiger partial charge >= 0.3 is 0 Å². The molecule has 118 valence electrons. The van der Waals surface area contributed by atoms with E-state index in [1.54, 1.807) is 24.3 Å². The summed E-state index contributed by atoms with van der Waals surface area (Å²) in [4.78, 5) is 22.5. The molecule has 0 atom stereocenters. The van der Waals surface area contributed by atoms with Crippen molar-refractivity contribution in [3.05, 3.63) is 41.6 Å². The summed E-state index contributed by atoms with van der Waals surface area (Å²) in [5.74, 6) is -0.388. The van der Waals surface area contributed by atoms with E-state index in [-0.39, 0.29) is 18.1 Å². The van der Waals surface area contributed by atoms with Crippen LogP contribution in [0.1, 0.15) is 28.8 Å². The largest absolute Gasteiger partial charge is 0.382 e. The molecular formula is C15H16N6O2. The molecule has 0 unspecified atom stereocenters. The third kappa shape index (κ3) is 3.85. The highest BCUT2D eigenvalue weighted by Gasteiger charge is 2.10. The molecular weight excluding hydrogens is 296 g/mol. The van der Waals surface area contributed by atoms with E-state index in [4.69, 9.17) is 16.7 Å². The van der Waals surface area contributed by atoms with Gasteiger partial charge < -0.3 is 16.8 Å². The molecule has 2 aromatic rings. The topological polar surface area (TPSA) is 140 Å². The summed E-state index contributed by atoms with van der Waals surface area (Å²) in [6.45, 7) is 0.376. The number of nitrogens with two attached hydrogens (primary N) is 2. The number of nitriles is 1. The molecule has 1 aromatic carbocycles. The van der Waals surface area contributed by atoms with Gasteiger partial charge in [-0.25, -0.2) is 4.68 Å². The van der Waals surface area contributed by atoms with E-state index in [9.17, 15) is 9.59 Å². The van der Waals surface area contributed by atoms with Crippen LogP contribution in [0, 0.1) is 11.3 Å². The highest BCUT2D eigenvalue weighted by Crippen LogP contribution is 2.16. The van der Waals surface area contributed by atoms with Crippen molar-refractivity contribution in [3.8, 4) is 11.8 Å². The molecule has 0 aliphatic rings. The summed E-state index contributed by atoms with van der Waals surface area (Å²) in [7, 11) is 0. The average Bonchev–Trinajstić information content (AvgIpc) is 2.92. The summed E-state index contributed by atoms with van der Waals surface area (Å²) in [5, 5.41) is 15.6. The molecule has 0 bridgehead atoms. The van der Waals surface area contributed by atoms with Crippen LogP contribution in [0.3, 0.4) is 0 Å². The number of primary amides is 1. The van der Waals surface area contributed by atoms with Crippen LogP contribution >= 0.6 is 0 Å². The molecule has 0 aliphatic heterocycles. The second-order valence-corrected chi connectivity index (χ2v) is 4.84. The third-order valence-electron chi connectivity index (χ3n) is 3.19. The van der Waals surface area contributed by atoms with E-state index < -0.39 is 5.91 Å². The van der Waals surface area contributed by atoms with Crippen LogP contribution in [-0.4, -0.2) is 28.1 Å². The fraction of sp³-hybridized carbons (Fsp3) is 0.200. The maximum atomic E-state index is 11.9. The third-order valence-corrected chi connectivity index (χ3v) is 3.19. The van der Waals surface area contributed by atoms with E-state index in [1.807, 2.05) is 6.07 Å². The van der Waals surface area contributed by atoms with E-state index in [0.29, 0.717) is 29.8 Å². The number of carbonyl (C=O) groups is 2. The quantitative estimate of drug-likeness (QED) is 0.659. The number of nitrogens with zero attached hydrogens (tertiary/aromatic N) is 3. The van der Waals surface area contributed by atoms with Crippen LogP contribution in [0.25, 0.3) is 5.69 Å². The highest BCUT2D eigenvalue weighted by molar-refractivity contribution is 5.94. The van der Waals surface area contributed by atoms with Crippen molar-refractivity contribution in [1.82, 2.24) is 15.1 Å². The molecule has 0 radical (unpaired) electrons. The lowest BCUT2D eigenvalue weighted by atomic mass is 10.2. The normalized spacial score (nSPS) is 10.0. The van der Waals surface area contributed by atoms with Gasteiger partial charge in [0.15, 0.2) is 0 Å². The zero-order valence-corrected chi connectivity index (χ0v) is 12.3. The van der Waals surface area contributed by atoms with Crippen LogP contribution < -0.4 is 16.8 Å². The smallest absolute Gasteiger partial charge is 0.251 e. The standard InChI is InChI=1S/C15H16N6O2/c16-8-11-9-20-21(14(11)18)12-5-3-10(4-6-12)15(23)19-7-1-2-13(17)22/h3-6,9H,1-2,7,18H2,(H2,17,22)(H,19,23). The average molecular weight is 312 g/mol. The number of nitrogens with one attached hydrogen (secondary N) is 1. The number of nitrogen functional groups attached to an aromatic ring is 1. The second kappa shape index (κ2) is 7.09. The van der Waals surface area contributed by atoms with Gasteiger partial charge in [-0.2, -0.15) is 10.4 Å². The van der Waals surface area contributed by atoms with Crippen LogP contribution in [0.4, 0.5) is 5.82 Å².